The van der Waals surface area contributed by atoms with Gasteiger partial charge in [0.25, 0.3) is 0 Å². The summed E-state index contributed by atoms with van der Waals surface area (Å²) in [5, 5.41) is 0. The van der Waals surface area contributed by atoms with Crippen LogP contribution in [0.2, 0.25) is 0 Å². The number of hydrogen-bond acceptors (Lipinski definition) is 3. The Balaban J connectivity index is 1.66. The maximum Gasteiger partial charge on any atom is 0.414 e. The average Bonchev–Trinajstić information content (AvgIpc) is 3.17. The third kappa shape index (κ3) is 3.68. The van der Waals surface area contributed by atoms with E-state index in [2.05, 4.69) is 60.9 Å². The first-order valence-electron chi connectivity index (χ1n) is 12.0. The van der Waals surface area contributed by atoms with Crippen molar-refractivity contribution in [2.24, 2.45) is 5.92 Å². The maximum atomic E-state index is 12.6. The van der Waals surface area contributed by atoms with Gasteiger partial charge in [-0.1, -0.05) is 50.1 Å². The number of carbonyl (C=O) groups excluding carboxylic acids is 1. The highest BCUT2D eigenvalue weighted by Gasteiger charge is 2.32. The zero-order valence-corrected chi connectivity index (χ0v) is 19.4. The number of aromatic nitrogens is 2. The smallest absolute Gasteiger partial charge is 0.414 e. The summed E-state index contributed by atoms with van der Waals surface area (Å²) in [6, 6.07) is 15.5. The van der Waals surface area contributed by atoms with Crippen LogP contribution in [0.25, 0.3) is 11.0 Å². The molecule has 168 valence electrons. The van der Waals surface area contributed by atoms with Crippen LogP contribution in [0.5, 0.6) is 0 Å². The number of anilines is 1. The number of aryl methyl sites for hydroxylation is 1. The van der Waals surface area contributed by atoms with Crippen LogP contribution < -0.4 is 4.90 Å². The van der Waals surface area contributed by atoms with E-state index in [0.29, 0.717) is 6.04 Å². The molecule has 0 bridgehead atoms. The summed E-state index contributed by atoms with van der Waals surface area (Å²) in [7, 11) is 1.46. The molecule has 1 saturated carbocycles. The summed E-state index contributed by atoms with van der Waals surface area (Å²) in [5.41, 5.74) is 5.70. The van der Waals surface area contributed by atoms with Gasteiger partial charge in [-0.15, -0.1) is 0 Å². The van der Waals surface area contributed by atoms with E-state index in [0.717, 1.165) is 42.2 Å². The van der Waals surface area contributed by atoms with E-state index in [9.17, 15) is 4.79 Å². The molecule has 1 fully saturated rings. The van der Waals surface area contributed by atoms with E-state index in [1.807, 2.05) is 0 Å². The number of methoxy groups -OCH3 is 1. The van der Waals surface area contributed by atoms with Gasteiger partial charge in [-0.3, -0.25) is 4.90 Å². The molecule has 1 aromatic heterocycles. The van der Waals surface area contributed by atoms with Crippen molar-refractivity contribution in [2.75, 3.05) is 12.0 Å². The fourth-order valence-corrected chi connectivity index (χ4v) is 5.77. The molecule has 0 saturated heterocycles. The number of benzene rings is 2. The van der Waals surface area contributed by atoms with Crippen molar-refractivity contribution >= 4 is 22.8 Å². The Morgan fingerprint density at radius 2 is 1.91 bits per heavy atom. The second-order valence-electron chi connectivity index (χ2n) is 9.64. The highest BCUT2D eigenvalue weighted by molar-refractivity contribution is 5.95. The minimum atomic E-state index is -0.289. The van der Waals surface area contributed by atoms with Crippen molar-refractivity contribution in [3.8, 4) is 0 Å². The number of nitrogens with zero attached hydrogens (tertiary/aromatic N) is 3. The average molecular weight is 432 g/mol. The lowest BCUT2D eigenvalue weighted by molar-refractivity contribution is 0.175. The Morgan fingerprint density at radius 1 is 1.09 bits per heavy atom. The molecule has 3 atom stereocenters. The Kier molecular flexibility index (Phi) is 5.66. The molecule has 2 heterocycles. The number of hydrogen-bond donors (Lipinski definition) is 0. The predicted molar refractivity (Wildman–Crippen MR) is 128 cm³/mol. The number of carbonyl (C=O) groups is 1. The molecule has 0 spiro atoms. The molecule has 1 aliphatic carbocycles. The van der Waals surface area contributed by atoms with Gasteiger partial charge in [0.1, 0.15) is 5.82 Å². The predicted octanol–water partition coefficient (Wildman–Crippen LogP) is 6.29. The highest BCUT2D eigenvalue weighted by Crippen LogP contribution is 2.40. The summed E-state index contributed by atoms with van der Waals surface area (Å²) in [4.78, 5) is 19.6. The van der Waals surface area contributed by atoms with Crippen molar-refractivity contribution in [2.45, 2.75) is 70.9 Å². The fourth-order valence-electron chi connectivity index (χ4n) is 5.77. The Labute approximate surface area is 190 Å². The second-order valence-corrected chi connectivity index (χ2v) is 9.64. The second kappa shape index (κ2) is 8.61. The zero-order chi connectivity index (χ0) is 22.2. The molecule has 5 heteroatoms. The molecule has 1 amide bonds. The standard InChI is InChI=1S/C27H33N3O2/c1-18-8-7-11-21(16-18)30-24-15-14-23-22(13-12-19(2)29(23)27(31)32-3)26(24)28-25(30)17-20-9-5-4-6-10-20/h4-6,9-10,14-15,18-19,21H,7-8,11-13,16-17H2,1-3H3/t18-,19+,21-/m1/s1. The molecule has 0 N–H and O–H groups in total. The van der Waals surface area contributed by atoms with Gasteiger partial charge in [0, 0.05) is 24.1 Å². The van der Waals surface area contributed by atoms with Crippen LogP contribution >= 0.6 is 0 Å². The van der Waals surface area contributed by atoms with E-state index in [1.165, 1.54) is 49.4 Å². The van der Waals surface area contributed by atoms with Crippen LogP contribution in [0.15, 0.2) is 42.5 Å². The number of fused-ring (bicyclic) bond motifs is 3. The van der Waals surface area contributed by atoms with Crippen molar-refractivity contribution in [1.29, 1.82) is 0 Å². The Hall–Kier alpha value is -2.82. The summed E-state index contributed by atoms with van der Waals surface area (Å²) in [6.07, 6.45) is 7.39. The van der Waals surface area contributed by atoms with Gasteiger partial charge in [0.2, 0.25) is 0 Å². The van der Waals surface area contributed by atoms with E-state index in [4.69, 9.17) is 9.72 Å². The normalized spacial score (nSPS) is 23.2. The SMILES string of the molecule is COC(=O)N1c2ccc3c(nc(Cc4ccccc4)n3[C@@H]3CCC[C@@H](C)C3)c2CC[C@@H]1C. The van der Waals surface area contributed by atoms with Gasteiger partial charge in [0.05, 0.1) is 23.8 Å². The zero-order valence-electron chi connectivity index (χ0n) is 19.4. The lowest BCUT2D eigenvalue weighted by atomic mass is 9.86. The van der Waals surface area contributed by atoms with Gasteiger partial charge < -0.3 is 9.30 Å². The lowest BCUT2D eigenvalue weighted by Gasteiger charge is -2.34. The van der Waals surface area contributed by atoms with Crippen LogP contribution in [0.4, 0.5) is 10.5 Å². The number of rotatable bonds is 3. The molecular formula is C27H33N3O2. The third-order valence-corrected chi connectivity index (χ3v) is 7.38. The molecular weight excluding hydrogens is 398 g/mol. The molecule has 1 aliphatic heterocycles. The van der Waals surface area contributed by atoms with Crippen molar-refractivity contribution in [3.63, 3.8) is 0 Å². The van der Waals surface area contributed by atoms with Crippen LogP contribution in [0, 0.1) is 5.92 Å². The van der Waals surface area contributed by atoms with Crippen molar-refractivity contribution in [3.05, 3.63) is 59.4 Å². The Bertz CT molecular complexity index is 1120. The molecule has 32 heavy (non-hydrogen) atoms. The number of amides is 1. The van der Waals surface area contributed by atoms with Gasteiger partial charge in [0.15, 0.2) is 0 Å². The fraction of sp³-hybridized carbons (Fsp3) is 0.481. The van der Waals surface area contributed by atoms with E-state index in [-0.39, 0.29) is 12.1 Å². The number of imidazole rings is 1. The molecule has 0 radical (unpaired) electrons. The van der Waals surface area contributed by atoms with Gasteiger partial charge in [-0.25, -0.2) is 9.78 Å². The van der Waals surface area contributed by atoms with Crippen LogP contribution in [0.1, 0.15) is 68.9 Å². The topological polar surface area (TPSA) is 47.4 Å². The highest BCUT2D eigenvalue weighted by atomic mass is 16.5. The molecule has 2 aromatic carbocycles. The lowest BCUT2D eigenvalue weighted by Crippen LogP contribution is -2.42. The first-order chi connectivity index (χ1) is 15.6. The first kappa shape index (κ1) is 21.0. The summed E-state index contributed by atoms with van der Waals surface area (Å²) in [6.45, 7) is 4.46. The molecule has 5 rings (SSSR count). The van der Waals surface area contributed by atoms with Crippen LogP contribution in [0.3, 0.4) is 0 Å². The van der Waals surface area contributed by atoms with E-state index >= 15 is 0 Å². The number of ether oxygens (including phenoxy) is 1. The quantitative estimate of drug-likeness (QED) is 0.490. The summed E-state index contributed by atoms with van der Waals surface area (Å²) < 4.78 is 7.63. The molecule has 2 aliphatic rings. The monoisotopic (exact) mass is 431 g/mol. The Morgan fingerprint density at radius 3 is 2.66 bits per heavy atom. The third-order valence-electron chi connectivity index (χ3n) is 7.38. The minimum Gasteiger partial charge on any atom is -0.452 e. The largest absolute Gasteiger partial charge is 0.452 e. The maximum absolute atomic E-state index is 12.6. The van der Waals surface area contributed by atoms with E-state index < -0.39 is 0 Å². The van der Waals surface area contributed by atoms with Crippen LogP contribution in [-0.4, -0.2) is 28.8 Å². The molecule has 3 aromatic rings. The summed E-state index contributed by atoms with van der Waals surface area (Å²) in [5.74, 6) is 1.88. The van der Waals surface area contributed by atoms with Gasteiger partial charge in [-0.2, -0.15) is 0 Å². The van der Waals surface area contributed by atoms with E-state index in [1.54, 1.807) is 4.90 Å². The van der Waals surface area contributed by atoms with Gasteiger partial charge in [-0.05, 0) is 56.2 Å². The minimum absolute atomic E-state index is 0.123. The van der Waals surface area contributed by atoms with Crippen molar-refractivity contribution < 1.29 is 9.53 Å². The molecule has 0 unspecified atom stereocenters. The van der Waals surface area contributed by atoms with Gasteiger partial charge >= 0.3 is 6.09 Å². The summed E-state index contributed by atoms with van der Waals surface area (Å²) >= 11 is 0. The molecule has 5 nitrogen and oxygen atoms in total. The van der Waals surface area contributed by atoms with Crippen molar-refractivity contribution in [1.82, 2.24) is 9.55 Å². The van der Waals surface area contributed by atoms with Crippen LogP contribution in [-0.2, 0) is 17.6 Å². The first-order valence-corrected chi connectivity index (χ1v) is 12.0.